The van der Waals surface area contributed by atoms with Gasteiger partial charge in [-0.15, -0.1) is 0 Å². The van der Waals surface area contributed by atoms with Crippen LogP contribution in [0.3, 0.4) is 0 Å². The van der Waals surface area contributed by atoms with E-state index in [2.05, 4.69) is 84.3 Å². The molecule has 0 unspecified atom stereocenters. The molecule has 0 atom stereocenters. The van der Waals surface area contributed by atoms with E-state index >= 15 is 0 Å². The summed E-state index contributed by atoms with van der Waals surface area (Å²) in [5.41, 5.74) is 2.79. The largest absolute Gasteiger partial charge is 0.367 e. The third kappa shape index (κ3) is 2.51. The van der Waals surface area contributed by atoms with E-state index in [4.69, 9.17) is 0 Å². The van der Waals surface area contributed by atoms with Crippen molar-refractivity contribution in [3.05, 3.63) is 60.7 Å². The lowest BCUT2D eigenvalue weighted by Crippen LogP contribution is -2.59. The van der Waals surface area contributed by atoms with E-state index in [1.54, 1.807) is 0 Å². The van der Waals surface area contributed by atoms with E-state index in [-0.39, 0.29) is 5.54 Å². The van der Waals surface area contributed by atoms with Crippen LogP contribution in [-0.2, 0) is 0 Å². The lowest BCUT2D eigenvalue weighted by molar-refractivity contribution is 0.415. The van der Waals surface area contributed by atoms with Crippen molar-refractivity contribution >= 4 is 11.4 Å². The molecule has 0 saturated carbocycles. The Morgan fingerprint density at radius 2 is 1.30 bits per heavy atom. The van der Waals surface area contributed by atoms with Gasteiger partial charge in [0.1, 0.15) is 0 Å². The molecule has 1 heterocycles. The summed E-state index contributed by atoms with van der Waals surface area (Å²) in [5, 5.41) is 0. The van der Waals surface area contributed by atoms with E-state index in [0.29, 0.717) is 0 Å². The molecule has 1 saturated heterocycles. The van der Waals surface area contributed by atoms with Gasteiger partial charge >= 0.3 is 0 Å². The molecule has 0 aliphatic carbocycles. The maximum atomic E-state index is 2.52. The molecule has 2 heteroatoms. The molecule has 0 bridgehead atoms. The lowest BCUT2D eigenvalue weighted by Gasteiger charge is -2.49. The molecule has 0 aromatic heterocycles. The third-order valence-corrected chi connectivity index (χ3v) is 4.09. The third-order valence-electron chi connectivity index (χ3n) is 4.09. The van der Waals surface area contributed by atoms with Gasteiger partial charge in [-0.25, -0.2) is 0 Å². The second-order valence-electron chi connectivity index (χ2n) is 6.06. The summed E-state index contributed by atoms with van der Waals surface area (Å²) in [7, 11) is 0. The number of hydrogen-bond donors (Lipinski definition) is 0. The Hall–Kier alpha value is -1.96. The number of piperazine rings is 1. The van der Waals surface area contributed by atoms with Crippen molar-refractivity contribution in [2.45, 2.75) is 19.4 Å². The van der Waals surface area contributed by atoms with Gasteiger partial charge in [-0.3, -0.25) is 0 Å². The second-order valence-corrected chi connectivity index (χ2v) is 6.06. The van der Waals surface area contributed by atoms with Gasteiger partial charge in [0, 0.05) is 31.0 Å². The number of rotatable bonds is 2. The van der Waals surface area contributed by atoms with Crippen LogP contribution in [0.1, 0.15) is 13.8 Å². The van der Waals surface area contributed by atoms with E-state index in [0.717, 1.165) is 19.6 Å². The minimum atomic E-state index is 0.134. The Kier molecular flexibility index (Phi) is 3.39. The molecule has 0 N–H and O–H groups in total. The van der Waals surface area contributed by atoms with Crippen molar-refractivity contribution in [2.24, 2.45) is 0 Å². The quantitative estimate of drug-likeness (QED) is 0.816. The summed E-state index contributed by atoms with van der Waals surface area (Å²) in [6.45, 7) is 7.84. The van der Waals surface area contributed by atoms with Crippen LogP contribution in [0.25, 0.3) is 0 Å². The molecule has 0 radical (unpaired) electrons. The number of nitrogens with zero attached hydrogens (tertiary/aromatic N) is 2. The molecule has 2 aromatic rings. The highest BCUT2D eigenvalue weighted by Gasteiger charge is 2.33. The summed E-state index contributed by atoms with van der Waals surface area (Å²) in [6.07, 6.45) is 0. The summed E-state index contributed by atoms with van der Waals surface area (Å²) in [4.78, 5) is 5.01. The highest BCUT2D eigenvalue weighted by molar-refractivity contribution is 5.54. The summed E-state index contributed by atoms with van der Waals surface area (Å²) < 4.78 is 0. The van der Waals surface area contributed by atoms with Gasteiger partial charge in [-0.1, -0.05) is 36.4 Å². The van der Waals surface area contributed by atoms with E-state index in [1.165, 1.54) is 11.4 Å². The second kappa shape index (κ2) is 5.20. The molecule has 20 heavy (non-hydrogen) atoms. The van der Waals surface area contributed by atoms with Crippen LogP contribution in [0.15, 0.2) is 60.7 Å². The van der Waals surface area contributed by atoms with Crippen molar-refractivity contribution in [1.29, 1.82) is 0 Å². The summed E-state index contributed by atoms with van der Waals surface area (Å²) in [6, 6.07) is 21.5. The normalized spacial score (nSPS) is 18.1. The van der Waals surface area contributed by atoms with Crippen LogP contribution in [0.5, 0.6) is 0 Å². The van der Waals surface area contributed by atoms with Gasteiger partial charge < -0.3 is 9.80 Å². The van der Waals surface area contributed by atoms with Crippen LogP contribution in [0, 0.1) is 0 Å². The Morgan fingerprint density at radius 1 is 0.750 bits per heavy atom. The molecule has 104 valence electrons. The molecule has 0 spiro atoms. The highest BCUT2D eigenvalue weighted by Crippen LogP contribution is 2.29. The maximum Gasteiger partial charge on any atom is 0.0521 e. The summed E-state index contributed by atoms with van der Waals surface area (Å²) >= 11 is 0. The fraction of sp³-hybridized carbons (Fsp3) is 0.333. The molecular weight excluding hydrogens is 244 g/mol. The van der Waals surface area contributed by atoms with Crippen molar-refractivity contribution < 1.29 is 0 Å². The zero-order chi connectivity index (χ0) is 14.0. The van der Waals surface area contributed by atoms with Gasteiger partial charge in [0.2, 0.25) is 0 Å². The lowest BCUT2D eigenvalue weighted by atomic mass is 9.97. The molecule has 0 amide bonds. The predicted molar refractivity (Wildman–Crippen MR) is 86.5 cm³/mol. The molecule has 2 nitrogen and oxygen atoms in total. The smallest absolute Gasteiger partial charge is 0.0521 e. The maximum absolute atomic E-state index is 2.52. The first-order valence-electron chi connectivity index (χ1n) is 7.29. The van der Waals surface area contributed by atoms with Gasteiger partial charge in [0.25, 0.3) is 0 Å². The van der Waals surface area contributed by atoms with Gasteiger partial charge in [-0.2, -0.15) is 0 Å². The van der Waals surface area contributed by atoms with E-state index < -0.39 is 0 Å². The Bertz CT molecular complexity index is 548. The van der Waals surface area contributed by atoms with Crippen molar-refractivity contribution in [1.82, 2.24) is 0 Å². The molecule has 1 aliphatic rings. The minimum Gasteiger partial charge on any atom is -0.367 e. The standard InChI is InChI=1S/C18H22N2/c1-18(2)15-19(16-9-5-3-6-10-16)13-14-20(18)17-11-7-4-8-12-17/h3-12H,13-15H2,1-2H3. The van der Waals surface area contributed by atoms with Crippen LogP contribution in [-0.4, -0.2) is 25.2 Å². The monoisotopic (exact) mass is 266 g/mol. The van der Waals surface area contributed by atoms with Crippen LogP contribution < -0.4 is 9.80 Å². The SMILES string of the molecule is CC1(C)CN(c2ccccc2)CCN1c1ccccc1. The fourth-order valence-corrected chi connectivity index (χ4v) is 3.10. The Labute approximate surface area is 121 Å². The number of benzene rings is 2. The predicted octanol–water partition coefficient (Wildman–Crippen LogP) is 3.79. The number of hydrogen-bond acceptors (Lipinski definition) is 2. The Balaban J connectivity index is 1.81. The Morgan fingerprint density at radius 3 is 1.85 bits per heavy atom. The van der Waals surface area contributed by atoms with Crippen LogP contribution in [0.4, 0.5) is 11.4 Å². The highest BCUT2D eigenvalue weighted by atomic mass is 15.3. The molecule has 2 aromatic carbocycles. The zero-order valence-corrected chi connectivity index (χ0v) is 12.3. The fourth-order valence-electron chi connectivity index (χ4n) is 3.10. The van der Waals surface area contributed by atoms with Crippen LogP contribution in [0.2, 0.25) is 0 Å². The van der Waals surface area contributed by atoms with Crippen molar-refractivity contribution in [3.8, 4) is 0 Å². The number of para-hydroxylation sites is 2. The summed E-state index contributed by atoms with van der Waals surface area (Å²) in [5.74, 6) is 0. The van der Waals surface area contributed by atoms with Gasteiger partial charge in [0.05, 0.1) is 5.54 Å². The molecule has 1 aliphatic heterocycles. The molecule has 1 fully saturated rings. The molecule has 3 rings (SSSR count). The average molecular weight is 266 g/mol. The molecular formula is C18H22N2. The first-order chi connectivity index (χ1) is 9.67. The van der Waals surface area contributed by atoms with Crippen LogP contribution >= 0.6 is 0 Å². The van der Waals surface area contributed by atoms with Gasteiger partial charge in [0.15, 0.2) is 0 Å². The first-order valence-corrected chi connectivity index (χ1v) is 7.29. The van der Waals surface area contributed by atoms with E-state index in [9.17, 15) is 0 Å². The van der Waals surface area contributed by atoms with Crippen molar-refractivity contribution in [3.63, 3.8) is 0 Å². The minimum absolute atomic E-state index is 0.134. The average Bonchev–Trinajstić information content (AvgIpc) is 2.48. The first kappa shape index (κ1) is 13.0. The van der Waals surface area contributed by atoms with E-state index in [1.807, 2.05) is 0 Å². The topological polar surface area (TPSA) is 6.48 Å². The van der Waals surface area contributed by atoms with Gasteiger partial charge in [-0.05, 0) is 38.1 Å². The van der Waals surface area contributed by atoms with Crippen molar-refractivity contribution in [2.75, 3.05) is 29.4 Å². The zero-order valence-electron chi connectivity index (χ0n) is 12.3. The number of anilines is 2.